The molecule has 1 heterocycles. The molecule has 2 fully saturated rings. The summed E-state index contributed by atoms with van der Waals surface area (Å²) in [5.41, 5.74) is 6.20. The van der Waals surface area contributed by atoms with Gasteiger partial charge in [0, 0.05) is 24.3 Å². The zero-order valence-electron chi connectivity index (χ0n) is 15.8. The molecular formula is C25H25NO. The molecule has 5 rings (SSSR count). The summed E-state index contributed by atoms with van der Waals surface area (Å²) >= 11 is 0. The van der Waals surface area contributed by atoms with Crippen LogP contribution in [0.5, 0.6) is 5.75 Å². The standard InChI is InChI=1S/C25H25NO/c1-18-10-11-25(27-17-19-6-3-2-4-7-19)24(12-18)20-8-5-9-23(14-20)26-15-21-13-22(21)16-26/h2-12,14,21-22H,13,15-17H2,1H3. The predicted molar refractivity (Wildman–Crippen MR) is 111 cm³/mol. The molecule has 1 aliphatic carbocycles. The van der Waals surface area contributed by atoms with Gasteiger partial charge < -0.3 is 9.64 Å². The maximum Gasteiger partial charge on any atom is 0.127 e. The maximum absolute atomic E-state index is 6.21. The lowest BCUT2D eigenvalue weighted by Crippen LogP contribution is -2.21. The van der Waals surface area contributed by atoms with E-state index in [9.17, 15) is 0 Å². The van der Waals surface area contributed by atoms with Gasteiger partial charge in [0.1, 0.15) is 12.4 Å². The van der Waals surface area contributed by atoms with E-state index in [1.165, 1.54) is 47.5 Å². The molecule has 3 aromatic rings. The smallest absolute Gasteiger partial charge is 0.127 e. The molecule has 2 aliphatic rings. The van der Waals surface area contributed by atoms with Crippen molar-refractivity contribution in [2.24, 2.45) is 11.8 Å². The topological polar surface area (TPSA) is 12.5 Å². The fraction of sp³-hybridized carbons (Fsp3) is 0.280. The van der Waals surface area contributed by atoms with Crippen LogP contribution in [0.25, 0.3) is 11.1 Å². The molecule has 2 unspecified atom stereocenters. The molecule has 0 spiro atoms. The summed E-state index contributed by atoms with van der Waals surface area (Å²) in [5, 5.41) is 0. The number of anilines is 1. The number of rotatable bonds is 5. The summed E-state index contributed by atoms with van der Waals surface area (Å²) in [5.74, 6) is 2.83. The summed E-state index contributed by atoms with van der Waals surface area (Å²) in [6.07, 6.45) is 1.44. The van der Waals surface area contributed by atoms with Crippen molar-refractivity contribution in [3.8, 4) is 16.9 Å². The largest absolute Gasteiger partial charge is 0.488 e. The molecule has 136 valence electrons. The quantitative estimate of drug-likeness (QED) is 0.582. The Morgan fingerprint density at radius 1 is 0.889 bits per heavy atom. The third kappa shape index (κ3) is 3.44. The number of nitrogens with zero attached hydrogens (tertiary/aromatic N) is 1. The van der Waals surface area contributed by atoms with E-state index < -0.39 is 0 Å². The van der Waals surface area contributed by atoms with Crippen LogP contribution < -0.4 is 9.64 Å². The molecule has 1 aliphatic heterocycles. The molecule has 27 heavy (non-hydrogen) atoms. The molecule has 2 heteroatoms. The van der Waals surface area contributed by atoms with Gasteiger partial charge in [0.15, 0.2) is 0 Å². The number of aryl methyl sites for hydroxylation is 1. The van der Waals surface area contributed by atoms with Gasteiger partial charge in [-0.1, -0.05) is 54.1 Å². The Hall–Kier alpha value is -2.74. The number of piperidine rings is 1. The minimum absolute atomic E-state index is 0.589. The Labute approximate surface area is 161 Å². The van der Waals surface area contributed by atoms with Gasteiger partial charge in [-0.15, -0.1) is 0 Å². The van der Waals surface area contributed by atoms with Crippen molar-refractivity contribution in [2.45, 2.75) is 20.0 Å². The molecular weight excluding hydrogens is 330 g/mol. The number of benzene rings is 3. The zero-order valence-corrected chi connectivity index (χ0v) is 15.8. The highest BCUT2D eigenvalue weighted by Gasteiger charge is 2.45. The van der Waals surface area contributed by atoms with E-state index in [1.807, 2.05) is 6.07 Å². The monoisotopic (exact) mass is 355 g/mol. The van der Waals surface area contributed by atoms with Crippen LogP contribution in [-0.2, 0) is 6.61 Å². The number of fused-ring (bicyclic) bond motifs is 1. The highest BCUT2D eigenvalue weighted by Crippen LogP contribution is 2.46. The number of hydrogen-bond acceptors (Lipinski definition) is 2. The third-order valence-electron chi connectivity index (χ3n) is 5.87. The summed E-state index contributed by atoms with van der Waals surface area (Å²) < 4.78 is 6.21. The summed E-state index contributed by atoms with van der Waals surface area (Å²) in [6, 6.07) is 25.8. The van der Waals surface area contributed by atoms with Crippen LogP contribution in [0.3, 0.4) is 0 Å². The van der Waals surface area contributed by atoms with Crippen molar-refractivity contribution in [3.05, 3.63) is 83.9 Å². The first-order valence-corrected chi connectivity index (χ1v) is 9.89. The van der Waals surface area contributed by atoms with Crippen LogP contribution in [0.2, 0.25) is 0 Å². The van der Waals surface area contributed by atoms with Crippen molar-refractivity contribution in [1.82, 2.24) is 0 Å². The van der Waals surface area contributed by atoms with Gasteiger partial charge in [0.25, 0.3) is 0 Å². The van der Waals surface area contributed by atoms with Gasteiger partial charge in [-0.25, -0.2) is 0 Å². The number of hydrogen-bond donors (Lipinski definition) is 0. The highest BCUT2D eigenvalue weighted by molar-refractivity contribution is 5.74. The van der Waals surface area contributed by atoms with E-state index in [0.29, 0.717) is 6.61 Å². The van der Waals surface area contributed by atoms with Gasteiger partial charge in [-0.05, 0) is 60.6 Å². The lowest BCUT2D eigenvalue weighted by Gasteiger charge is -2.21. The van der Waals surface area contributed by atoms with Gasteiger partial charge in [-0.3, -0.25) is 0 Å². The molecule has 1 saturated heterocycles. The molecule has 0 amide bonds. The molecule has 2 nitrogen and oxygen atoms in total. The summed E-state index contributed by atoms with van der Waals surface area (Å²) in [7, 11) is 0. The Bertz CT molecular complexity index is 940. The minimum atomic E-state index is 0.589. The first-order chi connectivity index (χ1) is 13.3. The van der Waals surface area contributed by atoms with Gasteiger partial charge in [0.05, 0.1) is 0 Å². The zero-order chi connectivity index (χ0) is 18.2. The van der Waals surface area contributed by atoms with E-state index in [2.05, 4.69) is 78.6 Å². The van der Waals surface area contributed by atoms with Gasteiger partial charge in [0.2, 0.25) is 0 Å². The van der Waals surface area contributed by atoms with E-state index in [-0.39, 0.29) is 0 Å². The maximum atomic E-state index is 6.21. The fourth-order valence-electron chi connectivity index (χ4n) is 4.21. The van der Waals surface area contributed by atoms with Gasteiger partial charge in [-0.2, -0.15) is 0 Å². The third-order valence-corrected chi connectivity index (χ3v) is 5.87. The second-order valence-corrected chi connectivity index (χ2v) is 7.99. The summed E-state index contributed by atoms with van der Waals surface area (Å²) in [4.78, 5) is 2.54. The average Bonchev–Trinajstić information content (AvgIpc) is 3.33. The second-order valence-electron chi connectivity index (χ2n) is 7.99. The Balaban J connectivity index is 1.42. The molecule has 3 aromatic carbocycles. The van der Waals surface area contributed by atoms with Crippen LogP contribution in [0, 0.1) is 18.8 Å². The SMILES string of the molecule is Cc1ccc(OCc2ccccc2)c(-c2cccc(N3CC4CC4C3)c2)c1. The van der Waals surface area contributed by atoms with Crippen LogP contribution in [-0.4, -0.2) is 13.1 Å². The van der Waals surface area contributed by atoms with Crippen molar-refractivity contribution in [3.63, 3.8) is 0 Å². The minimum Gasteiger partial charge on any atom is -0.488 e. The van der Waals surface area contributed by atoms with Crippen LogP contribution in [0.15, 0.2) is 72.8 Å². The van der Waals surface area contributed by atoms with Crippen molar-refractivity contribution in [1.29, 1.82) is 0 Å². The lowest BCUT2D eigenvalue weighted by atomic mass is 10.0. The van der Waals surface area contributed by atoms with Crippen LogP contribution in [0.4, 0.5) is 5.69 Å². The van der Waals surface area contributed by atoms with E-state index in [1.54, 1.807) is 0 Å². The van der Waals surface area contributed by atoms with Crippen molar-refractivity contribution in [2.75, 3.05) is 18.0 Å². The van der Waals surface area contributed by atoms with Crippen LogP contribution >= 0.6 is 0 Å². The van der Waals surface area contributed by atoms with Crippen molar-refractivity contribution >= 4 is 5.69 Å². The summed E-state index contributed by atoms with van der Waals surface area (Å²) in [6.45, 7) is 5.17. The van der Waals surface area contributed by atoms with E-state index in [4.69, 9.17) is 4.74 Å². The molecule has 2 atom stereocenters. The van der Waals surface area contributed by atoms with Crippen molar-refractivity contribution < 1.29 is 4.74 Å². The number of ether oxygens (including phenoxy) is 1. The average molecular weight is 355 g/mol. The highest BCUT2D eigenvalue weighted by atomic mass is 16.5. The molecule has 0 radical (unpaired) electrons. The second kappa shape index (κ2) is 6.77. The molecule has 0 N–H and O–H groups in total. The molecule has 0 bridgehead atoms. The van der Waals surface area contributed by atoms with E-state index in [0.717, 1.165) is 17.6 Å². The Kier molecular flexibility index (Phi) is 4.12. The Morgan fingerprint density at radius 3 is 2.52 bits per heavy atom. The van der Waals surface area contributed by atoms with E-state index >= 15 is 0 Å². The van der Waals surface area contributed by atoms with Gasteiger partial charge >= 0.3 is 0 Å². The fourth-order valence-corrected chi connectivity index (χ4v) is 4.21. The predicted octanol–water partition coefficient (Wildman–Crippen LogP) is 5.70. The molecule has 0 aromatic heterocycles. The lowest BCUT2D eigenvalue weighted by molar-refractivity contribution is 0.307. The first kappa shape index (κ1) is 16.4. The normalized spacial score (nSPS) is 20.4. The van der Waals surface area contributed by atoms with Crippen LogP contribution in [0.1, 0.15) is 17.5 Å². The molecule has 1 saturated carbocycles. The first-order valence-electron chi connectivity index (χ1n) is 9.89. The Morgan fingerprint density at radius 2 is 1.70 bits per heavy atom.